The van der Waals surface area contributed by atoms with Crippen molar-refractivity contribution in [2.24, 2.45) is 22.1 Å². The van der Waals surface area contributed by atoms with Crippen molar-refractivity contribution in [3.05, 3.63) is 60.2 Å². The van der Waals surface area contributed by atoms with Crippen LogP contribution in [0.2, 0.25) is 0 Å². The summed E-state index contributed by atoms with van der Waals surface area (Å²) < 4.78 is 0. The summed E-state index contributed by atoms with van der Waals surface area (Å²) in [5, 5.41) is 8.59. The van der Waals surface area contributed by atoms with E-state index in [1.807, 2.05) is 30.3 Å². The number of hydrogen-bond acceptors (Lipinski definition) is 2. The van der Waals surface area contributed by atoms with Crippen molar-refractivity contribution in [2.75, 3.05) is 0 Å². The third-order valence-corrected chi connectivity index (χ3v) is 5.14. The molecule has 2 unspecified atom stereocenters. The van der Waals surface area contributed by atoms with E-state index in [9.17, 15) is 0 Å². The quantitative estimate of drug-likeness (QED) is 0.364. The van der Waals surface area contributed by atoms with Crippen molar-refractivity contribution in [3.8, 4) is 0 Å². The van der Waals surface area contributed by atoms with Gasteiger partial charge in [0.25, 0.3) is 0 Å². The third-order valence-electron chi connectivity index (χ3n) is 5.14. The maximum absolute atomic E-state index is 4.32. The second-order valence-electron chi connectivity index (χ2n) is 7.51. The molecule has 2 rings (SSSR count). The van der Waals surface area contributed by atoms with Crippen LogP contribution in [0.4, 0.5) is 11.4 Å². The van der Waals surface area contributed by atoms with Crippen LogP contribution in [0, 0.1) is 11.8 Å². The zero-order valence-corrected chi connectivity index (χ0v) is 16.7. The maximum atomic E-state index is 4.32. The van der Waals surface area contributed by atoms with Crippen LogP contribution in [0.25, 0.3) is 0 Å². The molecule has 0 aromatic heterocycles. The molecule has 0 N–H and O–H groups in total. The maximum Gasteiger partial charge on any atom is 0.0857 e. The smallest absolute Gasteiger partial charge is 0.0857 e. The monoisotopic (exact) mass is 350 g/mol. The molecule has 2 nitrogen and oxygen atoms in total. The van der Waals surface area contributed by atoms with Crippen molar-refractivity contribution in [1.29, 1.82) is 0 Å². The van der Waals surface area contributed by atoms with E-state index in [4.69, 9.17) is 0 Å². The average molecular weight is 351 g/mol. The molecule has 26 heavy (non-hydrogen) atoms. The Bertz CT molecular complexity index is 631. The number of nitrogens with zero attached hydrogens (tertiary/aromatic N) is 2. The fourth-order valence-corrected chi connectivity index (χ4v) is 3.53. The van der Waals surface area contributed by atoms with Crippen molar-refractivity contribution in [2.45, 2.75) is 65.7 Å². The van der Waals surface area contributed by atoms with E-state index in [2.05, 4.69) is 55.3 Å². The van der Waals surface area contributed by atoms with Gasteiger partial charge in [-0.3, -0.25) is 0 Å². The molecule has 2 aromatic carbocycles. The summed E-state index contributed by atoms with van der Waals surface area (Å²) >= 11 is 0. The summed E-state index contributed by atoms with van der Waals surface area (Å²) in [4.78, 5) is 0. The molecule has 0 aliphatic rings. The first kappa shape index (κ1) is 20.4. The van der Waals surface area contributed by atoms with Gasteiger partial charge in [-0.1, -0.05) is 89.6 Å². The van der Waals surface area contributed by atoms with Gasteiger partial charge in [0.1, 0.15) is 0 Å². The van der Waals surface area contributed by atoms with Gasteiger partial charge in [-0.2, -0.15) is 10.2 Å². The van der Waals surface area contributed by atoms with E-state index in [1.54, 1.807) is 0 Å². The summed E-state index contributed by atoms with van der Waals surface area (Å²) in [6, 6.07) is 18.4. The van der Waals surface area contributed by atoms with Gasteiger partial charge < -0.3 is 0 Å². The molecule has 2 heteroatoms. The fourth-order valence-electron chi connectivity index (χ4n) is 3.53. The molecule has 0 aliphatic heterocycles. The number of azo groups is 1. The zero-order chi connectivity index (χ0) is 18.6. The SMILES string of the molecule is CCCC(CC)CCCC(C)Cc1ccc(/N=N/c2ccccc2)cc1. The Kier molecular flexibility index (Phi) is 9.09. The van der Waals surface area contributed by atoms with Crippen molar-refractivity contribution in [1.82, 2.24) is 0 Å². The van der Waals surface area contributed by atoms with Crippen LogP contribution in [-0.4, -0.2) is 0 Å². The Labute approximate surface area is 159 Å². The van der Waals surface area contributed by atoms with Crippen molar-refractivity contribution in [3.63, 3.8) is 0 Å². The summed E-state index contributed by atoms with van der Waals surface area (Å²) in [6.07, 6.45) is 9.29. The predicted molar refractivity (Wildman–Crippen MR) is 112 cm³/mol. The third kappa shape index (κ3) is 7.51. The van der Waals surface area contributed by atoms with E-state index < -0.39 is 0 Å². The van der Waals surface area contributed by atoms with Gasteiger partial charge >= 0.3 is 0 Å². The van der Waals surface area contributed by atoms with Gasteiger partial charge in [-0.15, -0.1) is 0 Å². The molecule has 0 bridgehead atoms. The normalized spacial score (nSPS) is 13.8. The molecule has 2 aromatic rings. The zero-order valence-electron chi connectivity index (χ0n) is 16.7. The lowest BCUT2D eigenvalue weighted by atomic mass is 9.90. The molecule has 0 spiro atoms. The van der Waals surface area contributed by atoms with E-state index in [-0.39, 0.29) is 0 Å². The summed E-state index contributed by atoms with van der Waals surface area (Å²) in [6.45, 7) is 7.01. The lowest BCUT2D eigenvalue weighted by molar-refractivity contribution is 0.388. The molecule has 140 valence electrons. The Morgan fingerprint density at radius 1 is 0.769 bits per heavy atom. The second-order valence-corrected chi connectivity index (χ2v) is 7.51. The van der Waals surface area contributed by atoms with E-state index >= 15 is 0 Å². The Balaban J connectivity index is 1.76. The molecule has 0 radical (unpaired) electrons. The second kappa shape index (κ2) is 11.6. The van der Waals surface area contributed by atoms with Gasteiger partial charge in [0, 0.05) is 0 Å². The minimum Gasteiger partial charge on any atom is -0.151 e. The summed E-state index contributed by atoms with van der Waals surface area (Å²) in [5.74, 6) is 1.67. The fraction of sp³-hybridized carbons (Fsp3) is 0.500. The van der Waals surface area contributed by atoms with Crippen LogP contribution in [0.1, 0.15) is 64.9 Å². The first-order valence-corrected chi connectivity index (χ1v) is 10.3. The Hall–Kier alpha value is -1.96. The van der Waals surface area contributed by atoms with Crippen LogP contribution in [0.5, 0.6) is 0 Å². The lowest BCUT2D eigenvalue weighted by Crippen LogP contribution is -2.03. The molecular formula is C24H34N2. The Morgan fingerprint density at radius 3 is 2.04 bits per heavy atom. The standard InChI is InChI=1S/C24H34N2/c1-4-10-21(5-2)12-9-11-20(3)19-22-15-17-24(18-16-22)26-25-23-13-7-6-8-14-23/h6-8,13-18,20-21H,4-5,9-12,19H2,1-3H3/b26-25+. The molecule has 0 saturated heterocycles. The van der Waals surface area contributed by atoms with E-state index in [0.717, 1.165) is 29.6 Å². The van der Waals surface area contributed by atoms with Gasteiger partial charge in [0.15, 0.2) is 0 Å². The molecular weight excluding hydrogens is 316 g/mol. The van der Waals surface area contributed by atoms with E-state index in [0.29, 0.717) is 0 Å². The summed E-state index contributed by atoms with van der Waals surface area (Å²) in [5.41, 5.74) is 3.20. The molecule has 0 amide bonds. The minimum absolute atomic E-state index is 0.742. The topological polar surface area (TPSA) is 24.7 Å². The summed E-state index contributed by atoms with van der Waals surface area (Å²) in [7, 11) is 0. The van der Waals surface area contributed by atoms with Crippen molar-refractivity contribution >= 4 is 11.4 Å². The number of hydrogen-bond donors (Lipinski definition) is 0. The molecule has 0 heterocycles. The first-order valence-electron chi connectivity index (χ1n) is 10.3. The number of benzene rings is 2. The molecule has 0 aliphatic carbocycles. The van der Waals surface area contributed by atoms with Gasteiger partial charge in [-0.05, 0) is 48.1 Å². The Morgan fingerprint density at radius 2 is 1.42 bits per heavy atom. The highest BCUT2D eigenvalue weighted by molar-refractivity contribution is 5.41. The molecule has 0 fully saturated rings. The van der Waals surface area contributed by atoms with E-state index in [1.165, 1.54) is 44.1 Å². The highest BCUT2D eigenvalue weighted by Crippen LogP contribution is 2.23. The molecule has 0 saturated carbocycles. The van der Waals surface area contributed by atoms with Crippen LogP contribution < -0.4 is 0 Å². The number of rotatable bonds is 11. The van der Waals surface area contributed by atoms with Crippen LogP contribution in [0.15, 0.2) is 64.8 Å². The van der Waals surface area contributed by atoms with Crippen LogP contribution in [0.3, 0.4) is 0 Å². The predicted octanol–water partition coefficient (Wildman–Crippen LogP) is 8.28. The van der Waals surface area contributed by atoms with Crippen molar-refractivity contribution < 1.29 is 0 Å². The van der Waals surface area contributed by atoms with Crippen LogP contribution in [-0.2, 0) is 6.42 Å². The highest BCUT2D eigenvalue weighted by atomic mass is 15.1. The lowest BCUT2D eigenvalue weighted by Gasteiger charge is -2.16. The van der Waals surface area contributed by atoms with Crippen LogP contribution >= 0.6 is 0 Å². The highest BCUT2D eigenvalue weighted by Gasteiger charge is 2.08. The van der Waals surface area contributed by atoms with Gasteiger partial charge in [-0.25, -0.2) is 0 Å². The minimum atomic E-state index is 0.742. The average Bonchev–Trinajstić information content (AvgIpc) is 2.67. The van der Waals surface area contributed by atoms with Gasteiger partial charge in [0.05, 0.1) is 11.4 Å². The first-order chi connectivity index (χ1) is 12.7. The largest absolute Gasteiger partial charge is 0.151 e. The molecule has 2 atom stereocenters. The van der Waals surface area contributed by atoms with Gasteiger partial charge in [0.2, 0.25) is 0 Å².